The molecule has 0 amide bonds. The predicted molar refractivity (Wildman–Crippen MR) is 39.9 cm³/mol. The smallest absolute Gasteiger partial charge is 0.169 e. The Morgan fingerprint density at radius 3 is 3.00 bits per heavy atom. The number of rotatable bonds is 1. The van der Waals surface area contributed by atoms with Gasteiger partial charge in [0.25, 0.3) is 0 Å². The van der Waals surface area contributed by atoms with E-state index in [9.17, 15) is 4.79 Å². The molecule has 0 saturated carbocycles. The van der Waals surface area contributed by atoms with Crippen molar-refractivity contribution in [2.24, 2.45) is 4.99 Å². The maximum atomic E-state index is 10.1. The van der Waals surface area contributed by atoms with Crippen LogP contribution in [0.2, 0.25) is 0 Å². The number of aliphatic imine (C=N–C) groups is 1. The van der Waals surface area contributed by atoms with Crippen molar-refractivity contribution < 1.29 is 4.79 Å². The fourth-order valence-electron chi connectivity index (χ4n) is 0.565. The van der Waals surface area contributed by atoms with E-state index >= 15 is 0 Å². The maximum absolute atomic E-state index is 10.1. The molecule has 1 heterocycles. The molecule has 0 radical (unpaired) electrons. The summed E-state index contributed by atoms with van der Waals surface area (Å²) in [7, 11) is 0. The number of thiocarbonyl (C=S) groups is 1. The molecule has 0 bridgehead atoms. The minimum absolute atomic E-state index is 0.396. The van der Waals surface area contributed by atoms with Crippen LogP contribution >= 0.6 is 12.2 Å². The highest BCUT2D eigenvalue weighted by molar-refractivity contribution is 7.82. The van der Waals surface area contributed by atoms with Crippen molar-refractivity contribution in [3.8, 4) is 0 Å². The van der Waals surface area contributed by atoms with Gasteiger partial charge in [0, 0.05) is 17.5 Å². The Bertz CT molecular complexity index is 205. The first-order valence-corrected chi connectivity index (χ1v) is 2.96. The van der Waals surface area contributed by atoms with E-state index in [2.05, 4.69) is 4.99 Å². The molecule has 0 N–H and O–H groups in total. The Labute approximate surface area is 58.3 Å². The lowest BCUT2D eigenvalue weighted by Gasteiger charge is -1.99. The van der Waals surface area contributed by atoms with E-state index in [4.69, 9.17) is 12.2 Å². The van der Waals surface area contributed by atoms with E-state index in [1.165, 1.54) is 0 Å². The zero-order chi connectivity index (χ0) is 6.69. The molecule has 3 heteroatoms. The van der Waals surface area contributed by atoms with Crippen LogP contribution in [0.15, 0.2) is 17.3 Å². The van der Waals surface area contributed by atoms with Gasteiger partial charge >= 0.3 is 0 Å². The minimum atomic E-state index is 0.396. The summed E-state index contributed by atoms with van der Waals surface area (Å²) in [4.78, 5) is 14.5. The van der Waals surface area contributed by atoms with E-state index in [-0.39, 0.29) is 0 Å². The van der Waals surface area contributed by atoms with Crippen LogP contribution < -0.4 is 0 Å². The number of carbonyl (C=O) groups excluding carboxylic acids is 1. The molecule has 1 aliphatic heterocycles. The van der Waals surface area contributed by atoms with Crippen LogP contribution in [-0.4, -0.2) is 16.9 Å². The largest absolute Gasteiger partial charge is 0.296 e. The Morgan fingerprint density at radius 2 is 2.56 bits per heavy atom. The third-order valence-corrected chi connectivity index (χ3v) is 1.40. The van der Waals surface area contributed by atoms with Crippen molar-refractivity contribution in [3.63, 3.8) is 0 Å². The standard InChI is InChI=1S/C6H5NOS/c8-4-5-6(9)2-1-3-7-5/h1,3-4H,2H2. The fourth-order valence-corrected chi connectivity index (χ4v) is 0.763. The van der Waals surface area contributed by atoms with Gasteiger partial charge in [-0.2, -0.15) is 0 Å². The van der Waals surface area contributed by atoms with Gasteiger partial charge in [0.05, 0.1) is 0 Å². The molecular weight excluding hydrogens is 134 g/mol. The van der Waals surface area contributed by atoms with E-state index in [1.807, 2.05) is 6.08 Å². The highest BCUT2D eigenvalue weighted by Crippen LogP contribution is 1.98. The van der Waals surface area contributed by atoms with Gasteiger partial charge in [-0.1, -0.05) is 18.3 Å². The summed E-state index contributed by atoms with van der Waals surface area (Å²) in [5.41, 5.74) is 0.396. The highest BCUT2D eigenvalue weighted by Gasteiger charge is 2.04. The monoisotopic (exact) mass is 139 g/mol. The van der Waals surface area contributed by atoms with Crippen LogP contribution in [0.5, 0.6) is 0 Å². The van der Waals surface area contributed by atoms with Gasteiger partial charge < -0.3 is 0 Å². The third-order valence-electron chi connectivity index (χ3n) is 1.02. The molecule has 9 heavy (non-hydrogen) atoms. The number of aldehydes is 1. The van der Waals surface area contributed by atoms with Gasteiger partial charge in [0.1, 0.15) is 5.71 Å². The normalized spacial score (nSPS) is 17.3. The molecule has 2 nitrogen and oxygen atoms in total. The van der Waals surface area contributed by atoms with Crippen molar-refractivity contribution >= 4 is 29.1 Å². The first-order chi connectivity index (χ1) is 4.34. The first kappa shape index (κ1) is 6.29. The van der Waals surface area contributed by atoms with Crippen molar-refractivity contribution in [1.82, 2.24) is 0 Å². The average Bonchev–Trinajstić information content (AvgIpc) is 1.89. The van der Waals surface area contributed by atoms with Crippen LogP contribution in [-0.2, 0) is 4.79 Å². The molecule has 0 aliphatic carbocycles. The minimum Gasteiger partial charge on any atom is -0.296 e. The zero-order valence-corrected chi connectivity index (χ0v) is 5.52. The van der Waals surface area contributed by atoms with Crippen LogP contribution in [0.3, 0.4) is 0 Å². The lowest BCUT2D eigenvalue weighted by atomic mass is 10.2. The fraction of sp³-hybridized carbons (Fsp3) is 0.167. The molecule has 0 aromatic carbocycles. The lowest BCUT2D eigenvalue weighted by molar-refractivity contribution is -0.102. The van der Waals surface area contributed by atoms with E-state index in [0.717, 1.165) is 0 Å². The van der Waals surface area contributed by atoms with Crippen molar-refractivity contribution in [2.45, 2.75) is 6.42 Å². The number of hydrogen-bond acceptors (Lipinski definition) is 3. The van der Waals surface area contributed by atoms with Gasteiger partial charge in [-0.3, -0.25) is 9.79 Å². The molecule has 0 aromatic rings. The van der Waals surface area contributed by atoms with Crippen LogP contribution in [0.1, 0.15) is 6.42 Å². The number of carbonyl (C=O) groups is 1. The second kappa shape index (κ2) is 2.64. The van der Waals surface area contributed by atoms with Crippen molar-refractivity contribution in [1.29, 1.82) is 0 Å². The second-order valence-electron chi connectivity index (χ2n) is 1.64. The molecule has 0 atom stereocenters. The Kier molecular flexibility index (Phi) is 1.85. The molecule has 0 aromatic heterocycles. The summed E-state index contributed by atoms with van der Waals surface area (Å²) >= 11 is 4.81. The van der Waals surface area contributed by atoms with Crippen LogP contribution in [0.25, 0.3) is 0 Å². The van der Waals surface area contributed by atoms with Gasteiger partial charge in [-0.05, 0) is 0 Å². The second-order valence-corrected chi connectivity index (χ2v) is 2.14. The quantitative estimate of drug-likeness (QED) is 0.399. The summed E-state index contributed by atoms with van der Waals surface area (Å²) in [6.07, 6.45) is 4.79. The van der Waals surface area contributed by atoms with Gasteiger partial charge in [0.2, 0.25) is 0 Å². The first-order valence-electron chi connectivity index (χ1n) is 2.56. The Morgan fingerprint density at radius 1 is 1.78 bits per heavy atom. The van der Waals surface area contributed by atoms with Gasteiger partial charge in [-0.15, -0.1) is 0 Å². The Balaban J connectivity index is 2.86. The molecular formula is C6H5NOS. The molecule has 0 unspecified atom stereocenters. The number of hydrogen-bond donors (Lipinski definition) is 0. The SMILES string of the molecule is O=CC1=NC=CCC1=S. The highest BCUT2D eigenvalue weighted by atomic mass is 32.1. The molecule has 0 saturated heterocycles. The van der Waals surface area contributed by atoms with Crippen LogP contribution in [0, 0.1) is 0 Å². The van der Waals surface area contributed by atoms with Gasteiger partial charge in [-0.25, -0.2) is 0 Å². The summed E-state index contributed by atoms with van der Waals surface area (Å²) in [5, 5.41) is 0. The van der Waals surface area contributed by atoms with E-state index in [0.29, 0.717) is 23.3 Å². The molecule has 0 fully saturated rings. The average molecular weight is 139 g/mol. The molecule has 1 aliphatic rings. The Hall–Kier alpha value is -0.830. The number of nitrogens with zero attached hydrogens (tertiary/aromatic N) is 1. The van der Waals surface area contributed by atoms with Gasteiger partial charge in [0.15, 0.2) is 6.29 Å². The van der Waals surface area contributed by atoms with E-state index < -0.39 is 0 Å². The topological polar surface area (TPSA) is 29.4 Å². The predicted octanol–water partition coefficient (Wildman–Crippen LogP) is 0.914. The maximum Gasteiger partial charge on any atom is 0.169 e. The summed E-state index contributed by atoms with van der Waals surface area (Å²) < 4.78 is 0. The molecule has 1 rings (SSSR count). The summed E-state index contributed by atoms with van der Waals surface area (Å²) in [6.45, 7) is 0. The summed E-state index contributed by atoms with van der Waals surface area (Å²) in [6, 6.07) is 0. The number of allylic oxidation sites excluding steroid dienone is 1. The molecule has 46 valence electrons. The van der Waals surface area contributed by atoms with Crippen molar-refractivity contribution in [3.05, 3.63) is 12.3 Å². The third kappa shape index (κ3) is 1.29. The summed E-state index contributed by atoms with van der Waals surface area (Å²) in [5.74, 6) is 0. The molecule has 0 spiro atoms. The van der Waals surface area contributed by atoms with Crippen LogP contribution in [0.4, 0.5) is 0 Å². The van der Waals surface area contributed by atoms with E-state index in [1.54, 1.807) is 6.20 Å². The zero-order valence-electron chi connectivity index (χ0n) is 4.70. The lowest BCUT2D eigenvalue weighted by Crippen LogP contribution is -2.13. The van der Waals surface area contributed by atoms with Crippen molar-refractivity contribution in [2.75, 3.05) is 0 Å².